The van der Waals surface area contributed by atoms with Crippen molar-refractivity contribution < 1.29 is 22.8 Å². The monoisotopic (exact) mass is 342 g/mol. The Morgan fingerprint density at radius 1 is 1.38 bits per heavy atom. The van der Waals surface area contributed by atoms with Crippen LogP contribution in [0.1, 0.15) is 34.8 Å². The second kappa shape index (κ2) is 7.79. The number of rotatable bonds is 2. The third-order valence-electron chi connectivity index (χ3n) is 4.14. The molecule has 132 valence electrons. The number of nitrogens with one attached hydrogen (secondary N) is 1. The Hall–Kier alpha value is -1.89. The first-order valence-corrected chi connectivity index (χ1v) is 8.02. The molecule has 0 aliphatic carbocycles. The molecule has 1 atom stereocenters. The van der Waals surface area contributed by atoms with E-state index in [2.05, 4.69) is 24.4 Å². The Kier molecular flexibility index (Phi) is 5.99. The molecule has 24 heavy (non-hydrogen) atoms. The van der Waals surface area contributed by atoms with Crippen molar-refractivity contribution in [3.63, 3.8) is 0 Å². The van der Waals surface area contributed by atoms with E-state index in [1.807, 2.05) is 11.0 Å². The summed E-state index contributed by atoms with van der Waals surface area (Å²) in [4.78, 5) is 23.2. The van der Waals surface area contributed by atoms with Gasteiger partial charge in [-0.3, -0.25) is 9.59 Å². The van der Waals surface area contributed by atoms with E-state index in [0.717, 1.165) is 44.5 Å². The SMILES string of the molecule is CCCc1ccc2c(c1)C[C@@H]1CNCCN1C2=O.O=CC(F)(F)F. The topological polar surface area (TPSA) is 49.4 Å². The van der Waals surface area contributed by atoms with Gasteiger partial charge in [-0.2, -0.15) is 13.2 Å². The number of aldehydes is 1. The number of benzene rings is 1. The van der Waals surface area contributed by atoms with Crippen LogP contribution < -0.4 is 5.32 Å². The molecule has 1 N–H and O–H groups in total. The molecular formula is C17H21F3N2O2. The molecule has 0 aromatic heterocycles. The summed E-state index contributed by atoms with van der Waals surface area (Å²) in [6.45, 7) is 4.89. The highest BCUT2D eigenvalue weighted by Gasteiger charge is 2.33. The van der Waals surface area contributed by atoms with Crippen molar-refractivity contribution in [2.75, 3.05) is 19.6 Å². The van der Waals surface area contributed by atoms with E-state index in [-0.39, 0.29) is 5.91 Å². The van der Waals surface area contributed by atoms with E-state index in [0.29, 0.717) is 6.04 Å². The van der Waals surface area contributed by atoms with E-state index < -0.39 is 12.5 Å². The van der Waals surface area contributed by atoms with E-state index in [9.17, 15) is 18.0 Å². The van der Waals surface area contributed by atoms with Gasteiger partial charge in [0.05, 0.1) is 0 Å². The summed E-state index contributed by atoms with van der Waals surface area (Å²) in [5, 5.41) is 3.38. The Morgan fingerprint density at radius 2 is 2.08 bits per heavy atom. The van der Waals surface area contributed by atoms with Gasteiger partial charge in [0.1, 0.15) is 0 Å². The molecule has 1 amide bonds. The molecule has 1 saturated heterocycles. The maximum Gasteiger partial charge on any atom is 0.446 e. The second-order valence-electron chi connectivity index (χ2n) is 5.96. The number of carbonyl (C=O) groups excluding carboxylic acids is 2. The quantitative estimate of drug-likeness (QED) is 0.840. The molecule has 2 aliphatic heterocycles. The number of hydrogen-bond acceptors (Lipinski definition) is 3. The molecule has 1 aromatic rings. The van der Waals surface area contributed by atoms with Gasteiger partial charge in [-0.1, -0.05) is 25.5 Å². The number of alkyl halides is 3. The summed E-state index contributed by atoms with van der Waals surface area (Å²) in [5.74, 6) is 0.228. The Balaban J connectivity index is 0.000000301. The third kappa shape index (κ3) is 4.56. The summed E-state index contributed by atoms with van der Waals surface area (Å²) in [6, 6.07) is 6.74. The van der Waals surface area contributed by atoms with Crippen LogP contribution in [0.4, 0.5) is 13.2 Å². The van der Waals surface area contributed by atoms with Crippen molar-refractivity contribution in [2.45, 2.75) is 38.4 Å². The first-order chi connectivity index (χ1) is 11.4. The molecule has 0 bridgehead atoms. The van der Waals surface area contributed by atoms with Crippen LogP contribution in [0.25, 0.3) is 0 Å². The van der Waals surface area contributed by atoms with Gasteiger partial charge in [0.2, 0.25) is 6.29 Å². The number of aryl methyl sites for hydroxylation is 1. The fourth-order valence-corrected chi connectivity index (χ4v) is 3.09. The molecular weight excluding hydrogens is 321 g/mol. The predicted octanol–water partition coefficient (Wildman–Crippen LogP) is 2.36. The first-order valence-electron chi connectivity index (χ1n) is 8.02. The minimum atomic E-state index is -4.64. The minimum Gasteiger partial charge on any atom is -0.333 e. The molecule has 3 rings (SSSR count). The van der Waals surface area contributed by atoms with Gasteiger partial charge in [0.15, 0.2) is 0 Å². The highest BCUT2D eigenvalue weighted by atomic mass is 19.4. The number of piperazine rings is 1. The van der Waals surface area contributed by atoms with Crippen LogP contribution in [0.5, 0.6) is 0 Å². The van der Waals surface area contributed by atoms with Gasteiger partial charge in [-0.15, -0.1) is 0 Å². The van der Waals surface area contributed by atoms with Crippen LogP contribution in [-0.2, 0) is 17.6 Å². The standard InChI is InChI=1S/C15H20N2O.C2HF3O/c1-2-3-11-4-5-14-12(8-11)9-13-10-16-6-7-17(13)15(14)18;3-2(4,5)1-6/h4-5,8,13,16H,2-3,6-7,9-10H2,1H3;1H/t13-;/m1./s1. The summed E-state index contributed by atoms with van der Waals surface area (Å²) >= 11 is 0. The van der Waals surface area contributed by atoms with E-state index in [4.69, 9.17) is 4.79 Å². The Morgan fingerprint density at radius 3 is 2.71 bits per heavy atom. The zero-order chi connectivity index (χ0) is 17.7. The number of halogens is 3. The van der Waals surface area contributed by atoms with Crippen molar-refractivity contribution in [3.05, 3.63) is 34.9 Å². The summed E-state index contributed by atoms with van der Waals surface area (Å²) in [6.07, 6.45) is -2.43. The average Bonchev–Trinajstić information content (AvgIpc) is 2.55. The molecule has 0 unspecified atom stereocenters. The molecule has 0 saturated carbocycles. The lowest BCUT2D eigenvalue weighted by molar-refractivity contribution is -0.156. The lowest BCUT2D eigenvalue weighted by Gasteiger charge is -2.40. The molecule has 1 fully saturated rings. The van der Waals surface area contributed by atoms with Gasteiger partial charge >= 0.3 is 6.18 Å². The van der Waals surface area contributed by atoms with Crippen LogP contribution in [0.2, 0.25) is 0 Å². The average molecular weight is 342 g/mol. The van der Waals surface area contributed by atoms with Gasteiger partial charge in [-0.05, 0) is 30.0 Å². The zero-order valence-corrected chi connectivity index (χ0v) is 13.5. The first kappa shape index (κ1) is 18.4. The Labute approximate surface area is 139 Å². The number of hydrogen-bond donors (Lipinski definition) is 1. The maximum absolute atomic E-state index is 12.4. The van der Waals surface area contributed by atoms with Crippen molar-refractivity contribution in [1.82, 2.24) is 10.2 Å². The van der Waals surface area contributed by atoms with E-state index in [1.54, 1.807) is 0 Å². The van der Waals surface area contributed by atoms with E-state index in [1.165, 1.54) is 11.1 Å². The summed E-state index contributed by atoms with van der Waals surface area (Å²) in [7, 11) is 0. The number of nitrogens with zero attached hydrogens (tertiary/aromatic N) is 1. The highest BCUT2D eigenvalue weighted by Crippen LogP contribution is 2.25. The highest BCUT2D eigenvalue weighted by molar-refractivity contribution is 5.97. The summed E-state index contributed by atoms with van der Waals surface area (Å²) < 4.78 is 31.2. The zero-order valence-electron chi connectivity index (χ0n) is 13.5. The van der Waals surface area contributed by atoms with Crippen molar-refractivity contribution in [2.24, 2.45) is 0 Å². The largest absolute Gasteiger partial charge is 0.446 e. The minimum absolute atomic E-state index is 0.228. The normalized spacial score (nSPS) is 19.8. The van der Waals surface area contributed by atoms with Gasteiger partial charge in [0.25, 0.3) is 5.91 Å². The van der Waals surface area contributed by atoms with Gasteiger partial charge in [-0.25, -0.2) is 0 Å². The number of amides is 1. The molecule has 4 nitrogen and oxygen atoms in total. The second-order valence-corrected chi connectivity index (χ2v) is 5.96. The molecule has 1 aromatic carbocycles. The molecule has 0 radical (unpaired) electrons. The van der Waals surface area contributed by atoms with Crippen LogP contribution in [0.15, 0.2) is 18.2 Å². The maximum atomic E-state index is 12.4. The molecule has 2 heterocycles. The number of fused-ring (bicyclic) bond motifs is 2. The van der Waals surface area contributed by atoms with Crippen LogP contribution >= 0.6 is 0 Å². The molecule has 7 heteroatoms. The lowest BCUT2D eigenvalue weighted by atomic mass is 9.90. The number of carbonyl (C=O) groups is 2. The summed E-state index contributed by atoms with van der Waals surface area (Å²) in [5.41, 5.74) is 3.53. The van der Waals surface area contributed by atoms with Crippen molar-refractivity contribution in [3.8, 4) is 0 Å². The van der Waals surface area contributed by atoms with Gasteiger partial charge < -0.3 is 10.2 Å². The molecule has 0 spiro atoms. The third-order valence-corrected chi connectivity index (χ3v) is 4.14. The Bertz CT molecular complexity index is 602. The van der Waals surface area contributed by atoms with E-state index >= 15 is 0 Å². The predicted molar refractivity (Wildman–Crippen MR) is 84.0 cm³/mol. The van der Waals surface area contributed by atoms with Crippen LogP contribution in [0.3, 0.4) is 0 Å². The van der Waals surface area contributed by atoms with Gasteiger partial charge in [0, 0.05) is 31.2 Å². The smallest absolute Gasteiger partial charge is 0.333 e. The van der Waals surface area contributed by atoms with Crippen molar-refractivity contribution in [1.29, 1.82) is 0 Å². The fraction of sp³-hybridized carbons (Fsp3) is 0.529. The van der Waals surface area contributed by atoms with Crippen LogP contribution in [0, 0.1) is 0 Å². The van der Waals surface area contributed by atoms with Crippen LogP contribution in [-0.4, -0.2) is 48.9 Å². The molecule has 2 aliphatic rings. The lowest BCUT2D eigenvalue weighted by Crippen LogP contribution is -2.56. The van der Waals surface area contributed by atoms with Crippen molar-refractivity contribution >= 4 is 12.2 Å². The fourth-order valence-electron chi connectivity index (χ4n) is 3.09.